The lowest BCUT2D eigenvalue weighted by Crippen LogP contribution is -2.51. The van der Waals surface area contributed by atoms with Gasteiger partial charge in [-0.1, -0.05) is 182 Å². The van der Waals surface area contributed by atoms with Gasteiger partial charge in [0.25, 0.3) is 0 Å². The van der Waals surface area contributed by atoms with Crippen molar-refractivity contribution in [1.29, 1.82) is 0 Å². The molecule has 14 N–H and O–H groups in total. The van der Waals surface area contributed by atoms with Crippen molar-refractivity contribution in [2.45, 2.75) is 279 Å². The summed E-state index contributed by atoms with van der Waals surface area (Å²) in [6, 6.07) is 32.8. The fourth-order valence-corrected chi connectivity index (χ4v) is 19.0. The number of nitrogens with zero attached hydrogens (tertiary/aromatic N) is 4. The van der Waals surface area contributed by atoms with Crippen LogP contribution in [0.4, 0.5) is 27.1 Å². The maximum Gasteiger partial charge on any atom is 0.307 e. The molecule has 8 heterocycles. The van der Waals surface area contributed by atoms with E-state index < -0.39 is 117 Å². The second kappa shape index (κ2) is 43.0. The van der Waals surface area contributed by atoms with Crippen LogP contribution in [0.25, 0.3) is 4.85 Å². The number of para-hydroxylation sites is 4. The van der Waals surface area contributed by atoms with E-state index in [0.717, 1.165) is 39.2 Å². The van der Waals surface area contributed by atoms with Crippen LogP contribution >= 0.6 is 24.8 Å². The Morgan fingerprint density at radius 2 is 0.797 bits per heavy atom. The van der Waals surface area contributed by atoms with Gasteiger partial charge in [-0.15, -0.1) is 24.8 Å². The highest BCUT2D eigenvalue weighted by Crippen LogP contribution is 2.52. The number of halogens is 3. The summed E-state index contributed by atoms with van der Waals surface area (Å²) in [6.45, 7) is 44.9. The summed E-state index contributed by atoms with van der Waals surface area (Å²) in [5.41, 5.74) is 24.3. The number of ketones is 1. The molecule has 0 saturated carbocycles. The number of fused-ring (bicyclic) bond motifs is 8. The number of ether oxygens (including phenoxy) is 2. The van der Waals surface area contributed by atoms with Crippen molar-refractivity contribution in [2.75, 3.05) is 47.4 Å². The Hall–Kier alpha value is -11.2. The Labute approximate surface area is 793 Å². The molecule has 726 valence electrons. The van der Waals surface area contributed by atoms with E-state index in [1.165, 1.54) is 26.8 Å². The number of Topliss-reactive ketones (excluding diaryl/α,β-unsaturated/α-hetero) is 1. The van der Waals surface area contributed by atoms with Crippen LogP contribution in [-0.4, -0.2) is 170 Å². The average Bonchev–Trinajstić information content (AvgIpc) is 1.55. The molecule has 0 aliphatic carbocycles. The van der Waals surface area contributed by atoms with Gasteiger partial charge in [-0.05, 0) is 179 Å². The smallest absolute Gasteiger partial charge is 0.307 e. The zero-order valence-electron chi connectivity index (χ0n) is 79.3. The largest absolute Gasteiger partial charge is 0.481 e. The van der Waals surface area contributed by atoms with Gasteiger partial charge in [-0.25, -0.2) is 11.0 Å². The first-order valence-electron chi connectivity index (χ1n) is 44.4. The van der Waals surface area contributed by atoms with E-state index in [1.54, 1.807) is 59.7 Å². The molecule has 13 atom stereocenters. The Bertz CT molecular complexity index is 5220. The number of esters is 2. The van der Waals surface area contributed by atoms with Gasteiger partial charge < -0.3 is 73.9 Å². The lowest BCUT2D eigenvalue weighted by molar-refractivity contribution is -0.160. The van der Waals surface area contributed by atoms with Crippen LogP contribution in [0.2, 0.25) is 0 Å². The van der Waals surface area contributed by atoms with E-state index in [2.05, 4.69) is 31.4 Å². The number of carboxylic acid groups (broad SMARTS) is 1. The molecule has 5 aromatic carbocycles. The van der Waals surface area contributed by atoms with Crippen molar-refractivity contribution in [3.63, 3.8) is 0 Å². The minimum Gasteiger partial charge on any atom is -0.481 e. The van der Waals surface area contributed by atoms with Crippen molar-refractivity contribution in [2.24, 2.45) is 68.3 Å². The Balaban J connectivity index is 0.000000262. The molecule has 0 unspecified atom stereocenters. The van der Waals surface area contributed by atoms with E-state index >= 15 is 0 Å². The molecule has 133 heavy (non-hydrogen) atoms. The molecule has 4 saturated heterocycles. The Morgan fingerprint density at radius 1 is 0.466 bits per heavy atom. The molecule has 8 aliphatic heterocycles. The molecular formula is C100H138Cl2FN13O17. The van der Waals surface area contributed by atoms with Crippen molar-refractivity contribution >= 4 is 130 Å². The average molecular weight is 1880 g/mol. The van der Waals surface area contributed by atoms with Gasteiger partial charge in [-0.3, -0.25) is 76.9 Å². The Morgan fingerprint density at radius 3 is 1.15 bits per heavy atom. The maximum atomic E-state index is 14.0. The zero-order valence-corrected chi connectivity index (χ0v) is 81.0. The number of carboxylic acids is 1. The number of hydrogen-bond acceptors (Lipinski definition) is 18. The number of nitrogens with two attached hydrogens (primary N) is 4. The topological polar surface area (TPSA) is 456 Å². The molecule has 4 spiro atoms. The number of nitrogens with one attached hydrogen (secondary N) is 5. The third kappa shape index (κ3) is 26.9. The zero-order chi connectivity index (χ0) is 96.9. The first-order chi connectivity index (χ1) is 60.1. The van der Waals surface area contributed by atoms with Crippen LogP contribution in [0.3, 0.4) is 0 Å². The number of anilines is 4. The SMILES string of the molecule is C.CC(C)(C)C[C@H](CC(=O)OC(C)(C)C)C(=O)N1C[C@]2(C[C@H]1C(N)=O)C(=O)Nc1ccccc12.CC(C)(C)C[C@H](CC(=O)OC(C)(C)C)C(=O)O.CC(C)(C)C[C@H](N)C(=O)N1C[C@]2(C[C@H]1C(N)=O)C(=O)Nc1ccccc12.Cl.Cl.NC(=O)[C@@H]1C[C@@]2(CN1)C(=O)Nc1ccccc12.[C-]#[N+][C@@H]1C[C@@]2(CN1C(=O)[C@@H](CC(=O)[C@@H](C)Cc1ccc(F)cc1)CC(C)(C)C)C(=O)Nc1ccccc12. The molecule has 30 nitrogen and oxygen atoms in total. The highest BCUT2D eigenvalue weighted by molar-refractivity contribution is 6.11. The molecule has 33 heteroatoms. The van der Waals surface area contributed by atoms with Gasteiger partial charge in [-0.2, -0.15) is 0 Å². The summed E-state index contributed by atoms with van der Waals surface area (Å²) in [6.07, 6.45) is 2.40. The van der Waals surface area contributed by atoms with Gasteiger partial charge in [0, 0.05) is 73.1 Å². The van der Waals surface area contributed by atoms with Crippen LogP contribution < -0.4 is 49.5 Å². The molecule has 5 aromatic rings. The van der Waals surface area contributed by atoms with Crippen LogP contribution in [0, 0.1) is 57.7 Å². The van der Waals surface area contributed by atoms with Crippen molar-refractivity contribution in [3.05, 3.63) is 166 Å². The first-order valence-corrected chi connectivity index (χ1v) is 44.4. The standard InChI is InChI=1S/C30H34FN3O3.C25H35N3O5.C19H26N4O3.C13H24O4.C12H13N3O2.CH4.2ClH/c1-19(14-20-10-12-22(31)13-11-20)25(35)15-21(16-29(2,3)4)27(36)34-18-30(17-26(34)32-5)23-8-6-7-9-24(23)33-28(30)37;1-23(2,3)12-15(11-19(29)33-24(4,5)6)21(31)28-14-25(13-18(28)20(26)30)16-9-7-8-10-17(16)27-22(25)32;1-18(2,3)8-12(20)16(25)23-10-19(9-14(23)15(21)24)11-6-4-5-7-13(11)22-17(19)26;1-12(2,3)8-9(11(15)16)7-10(14)17-13(4,5)6;13-10(16)9-5-12(6-14-9)7-3-1-2-4-8(7)15-11(12)17;;;/h6-13,19,21,26H,14-18H2,1-4H3,(H,33,37);7-10,15,18H,11-14H2,1-6H3,(H2,26,30)(H,27,32);4-7,12,14H,8-10,20H2,1-3H3,(H2,21,24)(H,22,26);9H,7-8H2,1-6H3,(H,15,16);1-4,9,14H,5-6H2,(H2,13,16)(H,15,17);1H4;2*1H/t19-,21-,26-,30-;15-,18-,25-;12-,14-,19-;9-;9-,12-;;;/m00000.../s1. The first kappa shape index (κ1) is 111. The van der Waals surface area contributed by atoms with Crippen LogP contribution in [-0.2, 0) is 105 Å². The fraction of sp³-hybridized carbons (Fsp3) is 0.550. The van der Waals surface area contributed by atoms with E-state index in [4.69, 9.17) is 44.1 Å². The third-order valence-corrected chi connectivity index (χ3v) is 24.6. The number of benzene rings is 5. The number of carbonyl (C=O) groups excluding carboxylic acids is 13. The lowest BCUT2D eigenvalue weighted by atomic mass is 9.79. The number of aliphatic carboxylic acids is 1. The van der Waals surface area contributed by atoms with Crippen LogP contribution in [0.15, 0.2) is 121 Å². The highest BCUT2D eigenvalue weighted by Gasteiger charge is 2.62. The van der Waals surface area contributed by atoms with Gasteiger partial charge >= 0.3 is 24.1 Å². The second-order valence-corrected chi connectivity index (χ2v) is 42.9. The summed E-state index contributed by atoms with van der Waals surface area (Å²) in [4.78, 5) is 184. The minimum absolute atomic E-state index is 0. The molecular weight excluding hydrogens is 1750 g/mol. The molecule has 8 aliphatic rings. The predicted octanol–water partition coefficient (Wildman–Crippen LogP) is 12.9. The summed E-state index contributed by atoms with van der Waals surface area (Å²) in [5, 5.41) is 23.6. The van der Waals surface area contributed by atoms with Gasteiger partial charge in [0.15, 0.2) is 0 Å². The summed E-state index contributed by atoms with van der Waals surface area (Å²) in [7, 11) is 0. The van der Waals surface area contributed by atoms with Crippen molar-refractivity contribution in [1.82, 2.24) is 20.0 Å². The monoisotopic (exact) mass is 1880 g/mol. The number of likely N-dealkylation sites (tertiary alicyclic amines) is 3. The van der Waals surface area contributed by atoms with E-state index in [-0.39, 0.29) is 171 Å². The van der Waals surface area contributed by atoms with Crippen molar-refractivity contribution in [3.8, 4) is 0 Å². The third-order valence-electron chi connectivity index (χ3n) is 24.6. The summed E-state index contributed by atoms with van der Waals surface area (Å²) >= 11 is 0. The van der Waals surface area contributed by atoms with Gasteiger partial charge in [0.2, 0.25) is 59.1 Å². The maximum absolute atomic E-state index is 14.0. The molecule has 10 amide bonds. The van der Waals surface area contributed by atoms with Crippen LogP contribution in [0.1, 0.15) is 237 Å². The number of primary amides is 3. The predicted molar refractivity (Wildman–Crippen MR) is 511 cm³/mol. The van der Waals surface area contributed by atoms with Gasteiger partial charge in [0.1, 0.15) is 40.3 Å². The number of rotatable bonds is 20. The van der Waals surface area contributed by atoms with E-state index in [9.17, 15) is 71.5 Å². The molecule has 4 fully saturated rings. The van der Waals surface area contributed by atoms with Crippen molar-refractivity contribution < 1.29 is 86.1 Å². The normalized spacial score (nSPS) is 22.8. The molecule has 0 bridgehead atoms. The van der Waals surface area contributed by atoms with Gasteiger partial charge in [0.05, 0.1) is 53.5 Å². The number of carbonyl (C=O) groups is 14. The summed E-state index contributed by atoms with van der Waals surface area (Å²) in [5.74, 6) is -7.83. The minimum atomic E-state index is -1.04. The molecule has 0 radical (unpaired) electrons. The fourth-order valence-electron chi connectivity index (χ4n) is 19.0. The molecule has 0 aromatic heterocycles. The quantitative estimate of drug-likeness (QED) is 0.0255. The lowest BCUT2D eigenvalue weighted by Gasteiger charge is -2.31. The van der Waals surface area contributed by atoms with E-state index in [0.29, 0.717) is 56.4 Å². The highest BCUT2D eigenvalue weighted by atomic mass is 35.5. The second-order valence-electron chi connectivity index (χ2n) is 42.9. The Kier molecular flexibility index (Phi) is 35.7. The number of amides is 10. The number of hydrogen-bond donors (Lipinski definition) is 10. The summed E-state index contributed by atoms with van der Waals surface area (Å²) < 4.78 is 23.9. The van der Waals surface area contributed by atoms with E-state index in [1.807, 2.05) is 181 Å². The molecule has 13 rings (SSSR count). The van der Waals surface area contributed by atoms with Crippen LogP contribution in [0.5, 0.6) is 0 Å².